The molecule has 0 unspecified atom stereocenters. The summed E-state index contributed by atoms with van der Waals surface area (Å²) in [6, 6.07) is 1.80. The molecule has 1 saturated heterocycles. The molecule has 0 saturated carbocycles. The van der Waals surface area contributed by atoms with E-state index in [9.17, 15) is 4.79 Å². The number of carbonyl (C=O) groups is 1. The van der Waals surface area contributed by atoms with Crippen LogP contribution in [0.3, 0.4) is 0 Å². The SMILES string of the molecule is CCNC(=NCCC(=O)N1CCN(c2ncccn2)CC1)NCCn1cnnc1CC.I. The average Bonchev–Trinajstić information content (AvgIpc) is 3.27. The number of halogens is 1. The Morgan fingerprint density at radius 2 is 1.88 bits per heavy atom. The molecule has 0 spiro atoms. The maximum Gasteiger partial charge on any atom is 0.225 e. The topological polar surface area (TPSA) is 116 Å². The fourth-order valence-corrected chi connectivity index (χ4v) is 3.41. The van der Waals surface area contributed by atoms with Gasteiger partial charge in [0.1, 0.15) is 12.2 Å². The standard InChI is InChI=1S/C20H32N10O.HI/c1-3-17-27-26-16-30(17)11-10-23-19(21-4-2)22-9-6-18(31)28-12-14-29(15-13-28)20-24-7-5-8-25-20;/h5,7-8,16H,3-4,6,9-15H2,1-2H3,(H2,21,22,23);1H. The average molecular weight is 556 g/mol. The first-order valence-electron chi connectivity index (χ1n) is 10.9. The molecule has 2 aromatic rings. The molecule has 0 bridgehead atoms. The van der Waals surface area contributed by atoms with Gasteiger partial charge in [0.2, 0.25) is 11.9 Å². The van der Waals surface area contributed by atoms with Crippen LogP contribution < -0.4 is 15.5 Å². The molecule has 3 heterocycles. The molecule has 0 radical (unpaired) electrons. The van der Waals surface area contributed by atoms with E-state index in [0.717, 1.165) is 44.4 Å². The Morgan fingerprint density at radius 3 is 2.56 bits per heavy atom. The highest BCUT2D eigenvalue weighted by molar-refractivity contribution is 14.0. The van der Waals surface area contributed by atoms with Crippen LogP contribution in [0.25, 0.3) is 0 Å². The van der Waals surface area contributed by atoms with Gasteiger partial charge in [-0.05, 0) is 13.0 Å². The molecule has 2 N–H and O–H groups in total. The van der Waals surface area contributed by atoms with Crippen molar-refractivity contribution in [1.29, 1.82) is 0 Å². The van der Waals surface area contributed by atoms with Crippen LogP contribution in [0, 0.1) is 0 Å². The van der Waals surface area contributed by atoms with Gasteiger partial charge in [-0.3, -0.25) is 9.79 Å². The van der Waals surface area contributed by atoms with Crippen molar-refractivity contribution in [1.82, 2.24) is 40.3 Å². The lowest BCUT2D eigenvalue weighted by atomic mass is 10.3. The summed E-state index contributed by atoms with van der Waals surface area (Å²) in [5.74, 6) is 2.53. The Labute approximate surface area is 206 Å². The highest BCUT2D eigenvalue weighted by atomic mass is 127. The van der Waals surface area contributed by atoms with E-state index in [1.165, 1.54) is 0 Å². The molecule has 1 amide bonds. The van der Waals surface area contributed by atoms with Gasteiger partial charge in [-0.2, -0.15) is 0 Å². The fraction of sp³-hybridized carbons (Fsp3) is 0.600. The zero-order valence-electron chi connectivity index (χ0n) is 18.8. The number of nitrogens with one attached hydrogen (secondary N) is 2. The van der Waals surface area contributed by atoms with E-state index in [0.29, 0.717) is 38.6 Å². The first-order valence-corrected chi connectivity index (χ1v) is 10.9. The highest BCUT2D eigenvalue weighted by Gasteiger charge is 2.22. The number of aryl methyl sites for hydroxylation is 1. The second kappa shape index (κ2) is 13.8. The Hall–Kier alpha value is -2.51. The maximum atomic E-state index is 12.6. The van der Waals surface area contributed by atoms with Crippen LogP contribution in [-0.2, 0) is 17.8 Å². The van der Waals surface area contributed by atoms with E-state index in [1.54, 1.807) is 24.8 Å². The molecule has 1 fully saturated rings. The quantitative estimate of drug-likeness (QED) is 0.261. The molecule has 0 atom stereocenters. The molecule has 2 aromatic heterocycles. The van der Waals surface area contributed by atoms with Gasteiger partial charge in [0, 0.05) is 71.0 Å². The third-order valence-electron chi connectivity index (χ3n) is 5.06. The van der Waals surface area contributed by atoms with Gasteiger partial charge in [0.25, 0.3) is 0 Å². The van der Waals surface area contributed by atoms with E-state index in [2.05, 4.69) is 47.6 Å². The molecule has 0 aliphatic carbocycles. The third-order valence-corrected chi connectivity index (χ3v) is 5.06. The number of nitrogens with zero attached hydrogens (tertiary/aromatic N) is 8. The number of anilines is 1. The molecule has 3 rings (SSSR count). The monoisotopic (exact) mass is 556 g/mol. The van der Waals surface area contributed by atoms with Crippen LogP contribution in [0.1, 0.15) is 26.1 Å². The van der Waals surface area contributed by atoms with Crippen LogP contribution in [0.4, 0.5) is 5.95 Å². The number of hydrogen-bond acceptors (Lipinski definition) is 7. The van der Waals surface area contributed by atoms with E-state index in [4.69, 9.17) is 0 Å². The minimum absolute atomic E-state index is 0. The molecule has 176 valence electrons. The first-order chi connectivity index (χ1) is 15.2. The molecular weight excluding hydrogens is 523 g/mol. The number of rotatable bonds is 9. The molecule has 1 aliphatic heterocycles. The highest BCUT2D eigenvalue weighted by Crippen LogP contribution is 2.10. The molecule has 12 heteroatoms. The number of piperazine rings is 1. The van der Waals surface area contributed by atoms with Crippen LogP contribution in [0.2, 0.25) is 0 Å². The summed E-state index contributed by atoms with van der Waals surface area (Å²) >= 11 is 0. The predicted octanol–water partition coefficient (Wildman–Crippen LogP) is 0.543. The van der Waals surface area contributed by atoms with Gasteiger partial charge >= 0.3 is 0 Å². The van der Waals surface area contributed by atoms with Gasteiger partial charge in [0.15, 0.2) is 5.96 Å². The van der Waals surface area contributed by atoms with E-state index in [-0.39, 0.29) is 29.9 Å². The zero-order chi connectivity index (χ0) is 21.9. The van der Waals surface area contributed by atoms with Crippen molar-refractivity contribution >= 4 is 41.8 Å². The second-order valence-electron chi connectivity index (χ2n) is 7.15. The summed E-state index contributed by atoms with van der Waals surface area (Å²) in [6.45, 7) is 9.59. The predicted molar refractivity (Wildman–Crippen MR) is 134 cm³/mol. The summed E-state index contributed by atoms with van der Waals surface area (Å²) in [6.07, 6.45) is 6.46. The van der Waals surface area contributed by atoms with Crippen molar-refractivity contribution in [3.8, 4) is 0 Å². The third kappa shape index (κ3) is 7.57. The molecule has 1 aliphatic rings. The first kappa shape index (κ1) is 25.7. The molecule has 0 aromatic carbocycles. The largest absolute Gasteiger partial charge is 0.357 e. The number of amides is 1. The zero-order valence-corrected chi connectivity index (χ0v) is 21.1. The minimum Gasteiger partial charge on any atom is -0.357 e. The lowest BCUT2D eigenvalue weighted by Gasteiger charge is -2.34. The second-order valence-corrected chi connectivity index (χ2v) is 7.15. The Balaban J connectivity index is 0.00000363. The summed E-state index contributed by atoms with van der Waals surface area (Å²) in [5, 5.41) is 14.6. The Bertz CT molecular complexity index is 836. The lowest BCUT2D eigenvalue weighted by Crippen LogP contribution is -2.49. The maximum absolute atomic E-state index is 12.6. The smallest absolute Gasteiger partial charge is 0.225 e. The van der Waals surface area contributed by atoms with E-state index >= 15 is 0 Å². The van der Waals surface area contributed by atoms with Crippen LogP contribution >= 0.6 is 24.0 Å². The molecule has 11 nitrogen and oxygen atoms in total. The summed E-state index contributed by atoms with van der Waals surface area (Å²) in [5.41, 5.74) is 0. The van der Waals surface area contributed by atoms with Crippen LogP contribution in [0.15, 0.2) is 29.8 Å². The Morgan fingerprint density at radius 1 is 1.12 bits per heavy atom. The number of guanidine groups is 1. The summed E-state index contributed by atoms with van der Waals surface area (Å²) in [4.78, 5) is 29.7. The fourth-order valence-electron chi connectivity index (χ4n) is 3.41. The lowest BCUT2D eigenvalue weighted by molar-refractivity contribution is -0.131. The van der Waals surface area contributed by atoms with Crippen molar-refractivity contribution in [2.45, 2.75) is 33.2 Å². The van der Waals surface area contributed by atoms with Crippen LogP contribution in [0.5, 0.6) is 0 Å². The molecule has 32 heavy (non-hydrogen) atoms. The van der Waals surface area contributed by atoms with Crippen molar-refractivity contribution < 1.29 is 4.79 Å². The number of aromatic nitrogens is 5. The Kier molecular flexibility index (Phi) is 11.1. The van der Waals surface area contributed by atoms with E-state index < -0.39 is 0 Å². The van der Waals surface area contributed by atoms with Gasteiger partial charge < -0.3 is 25.0 Å². The van der Waals surface area contributed by atoms with Gasteiger partial charge in [-0.1, -0.05) is 6.92 Å². The number of hydrogen-bond donors (Lipinski definition) is 2. The van der Waals surface area contributed by atoms with Gasteiger partial charge in [-0.25, -0.2) is 9.97 Å². The van der Waals surface area contributed by atoms with E-state index in [1.807, 2.05) is 16.4 Å². The van der Waals surface area contributed by atoms with Crippen molar-refractivity contribution in [3.05, 3.63) is 30.6 Å². The van der Waals surface area contributed by atoms with Crippen LogP contribution in [-0.4, -0.2) is 87.3 Å². The summed E-state index contributed by atoms with van der Waals surface area (Å²) in [7, 11) is 0. The minimum atomic E-state index is 0. The molecular formula is C20H33IN10O. The van der Waals surface area contributed by atoms with Gasteiger partial charge in [0.05, 0.1) is 6.54 Å². The van der Waals surface area contributed by atoms with Crippen molar-refractivity contribution in [2.75, 3.05) is 50.7 Å². The number of carbonyl (C=O) groups excluding carboxylic acids is 1. The van der Waals surface area contributed by atoms with Gasteiger partial charge in [-0.15, -0.1) is 34.2 Å². The normalized spacial score (nSPS) is 14.1. The van der Waals surface area contributed by atoms with Crippen molar-refractivity contribution in [2.24, 2.45) is 4.99 Å². The van der Waals surface area contributed by atoms with Crippen molar-refractivity contribution in [3.63, 3.8) is 0 Å². The summed E-state index contributed by atoms with van der Waals surface area (Å²) < 4.78 is 2.03. The number of aliphatic imine (C=N–C) groups is 1.